The number of esters is 1. The number of hydrogen-bond donors (Lipinski definition) is 2. The number of pyridine rings is 1. The van der Waals surface area contributed by atoms with Crippen molar-refractivity contribution in [3.05, 3.63) is 52.7 Å². The van der Waals surface area contributed by atoms with E-state index in [-0.39, 0.29) is 5.91 Å². The van der Waals surface area contributed by atoms with Crippen LogP contribution in [0.4, 0.5) is 11.5 Å². The Morgan fingerprint density at radius 3 is 2.54 bits per heavy atom. The van der Waals surface area contributed by atoms with Gasteiger partial charge in [-0.3, -0.25) is 4.79 Å². The second-order valence-corrected chi connectivity index (χ2v) is 6.61. The predicted octanol–water partition coefficient (Wildman–Crippen LogP) is 4.13. The maximum absolute atomic E-state index is 12.4. The third-order valence-corrected chi connectivity index (χ3v) is 4.70. The lowest BCUT2D eigenvalue weighted by molar-refractivity contribution is 0.0600. The van der Waals surface area contributed by atoms with E-state index in [2.05, 4.69) is 20.4 Å². The molecule has 1 heterocycles. The maximum Gasteiger partial charge on any atom is 0.337 e. The number of methoxy groups -OCH3 is 1. The summed E-state index contributed by atoms with van der Waals surface area (Å²) in [5.74, 6) is -0.0887. The Morgan fingerprint density at radius 2 is 1.88 bits per heavy atom. The number of halogens is 1. The van der Waals surface area contributed by atoms with Gasteiger partial charge in [0.15, 0.2) is 0 Å². The molecule has 2 N–H and O–H groups in total. The van der Waals surface area contributed by atoms with E-state index < -0.39 is 5.97 Å². The first-order valence-electron chi connectivity index (χ1n) is 8.48. The second kappa shape index (κ2) is 8.19. The number of carbonyl (C=O) groups excluding carboxylic acids is 2. The number of ether oxygens (including phenoxy) is 1. The number of rotatable bonds is 5. The van der Waals surface area contributed by atoms with Crippen molar-refractivity contribution in [1.29, 1.82) is 0 Å². The highest BCUT2D eigenvalue weighted by molar-refractivity contribution is 6.34. The molecule has 0 spiro atoms. The normalized spacial score (nSPS) is 14.1. The molecule has 1 aromatic carbocycles. The van der Waals surface area contributed by atoms with Crippen molar-refractivity contribution in [2.75, 3.05) is 17.7 Å². The molecule has 1 aromatic heterocycles. The fraction of sp³-hybridized carbons (Fsp3) is 0.316. The molecule has 1 saturated carbocycles. The minimum absolute atomic E-state index is 0.307. The zero-order chi connectivity index (χ0) is 18.5. The van der Waals surface area contributed by atoms with Crippen molar-refractivity contribution in [3.63, 3.8) is 0 Å². The zero-order valence-corrected chi connectivity index (χ0v) is 15.2. The summed E-state index contributed by atoms with van der Waals surface area (Å²) in [6.45, 7) is 0. The Labute approximate surface area is 156 Å². The first-order valence-corrected chi connectivity index (χ1v) is 8.86. The Hall–Kier alpha value is -2.60. The van der Waals surface area contributed by atoms with E-state index in [9.17, 15) is 9.59 Å². The maximum atomic E-state index is 12.4. The number of aromatic nitrogens is 1. The van der Waals surface area contributed by atoms with Crippen molar-refractivity contribution in [2.45, 2.75) is 31.7 Å². The standard InChI is InChI=1S/C19H20ClN3O3/c1-26-19(25)12-6-8-15(20)16(10-12)23-18(24)13-7-9-17(21-11-13)22-14-4-2-3-5-14/h6-11,14H,2-5H2,1H3,(H,21,22)(H,23,24). The van der Waals surface area contributed by atoms with Gasteiger partial charge in [0.25, 0.3) is 5.91 Å². The van der Waals surface area contributed by atoms with Crippen LogP contribution in [0.1, 0.15) is 46.4 Å². The van der Waals surface area contributed by atoms with E-state index in [0.29, 0.717) is 27.9 Å². The molecule has 0 unspecified atom stereocenters. The van der Waals surface area contributed by atoms with Gasteiger partial charge in [0, 0.05) is 12.2 Å². The number of anilines is 2. The zero-order valence-electron chi connectivity index (χ0n) is 14.4. The summed E-state index contributed by atoms with van der Waals surface area (Å²) in [4.78, 5) is 28.4. The van der Waals surface area contributed by atoms with Crippen LogP contribution in [-0.2, 0) is 4.74 Å². The molecule has 3 rings (SSSR count). The van der Waals surface area contributed by atoms with Crippen molar-refractivity contribution in [3.8, 4) is 0 Å². The summed E-state index contributed by atoms with van der Waals surface area (Å²) < 4.78 is 4.68. The highest BCUT2D eigenvalue weighted by atomic mass is 35.5. The minimum atomic E-state index is -0.499. The van der Waals surface area contributed by atoms with Crippen molar-refractivity contribution in [1.82, 2.24) is 4.98 Å². The van der Waals surface area contributed by atoms with Crippen LogP contribution in [0.2, 0.25) is 5.02 Å². The van der Waals surface area contributed by atoms with E-state index in [1.54, 1.807) is 12.1 Å². The van der Waals surface area contributed by atoms with Gasteiger partial charge in [-0.15, -0.1) is 0 Å². The molecular weight excluding hydrogens is 354 g/mol. The van der Waals surface area contributed by atoms with Crippen LogP contribution in [0.25, 0.3) is 0 Å². The van der Waals surface area contributed by atoms with Gasteiger partial charge in [-0.2, -0.15) is 0 Å². The van der Waals surface area contributed by atoms with Gasteiger partial charge in [0.2, 0.25) is 0 Å². The number of carbonyl (C=O) groups is 2. The van der Waals surface area contributed by atoms with Gasteiger partial charge >= 0.3 is 5.97 Å². The van der Waals surface area contributed by atoms with Gasteiger partial charge < -0.3 is 15.4 Å². The van der Waals surface area contributed by atoms with Crippen LogP contribution >= 0.6 is 11.6 Å². The third kappa shape index (κ3) is 4.32. The minimum Gasteiger partial charge on any atom is -0.465 e. The molecule has 136 valence electrons. The molecule has 0 atom stereocenters. The van der Waals surface area contributed by atoms with Crippen LogP contribution in [0.5, 0.6) is 0 Å². The first-order chi connectivity index (χ1) is 12.6. The molecular formula is C19H20ClN3O3. The Morgan fingerprint density at radius 1 is 1.15 bits per heavy atom. The van der Waals surface area contributed by atoms with E-state index in [1.807, 2.05) is 0 Å². The fourth-order valence-electron chi connectivity index (χ4n) is 2.95. The highest BCUT2D eigenvalue weighted by Crippen LogP contribution is 2.25. The van der Waals surface area contributed by atoms with Crippen LogP contribution in [0.15, 0.2) is 36.5 Å². The predicted molar refractivity (Wildman–Crippen MR) is 101 cm³/mol. The largest absolute Gasteiger partial charge is 0.465 e. The molecule has 26 heavy (non-hydrogen) atoms. The molecule has 6 nitrogen and oxygen atoms in total. The lowest BCUT2D eigenvalue weighted by atomic mass is 10.2. The van der Waals surface area contributed by atoms with Crippen molar-refractivity contribution in [2.24, 2.45) is 0 Å². The average molecular weight is 374 g/mol. The molecule has 0 bridgehead atoms. The SMILES string of the molecule is COC(=O)c1ccc(Cl)c(NC(=O)c2ccc(NC3CCCC3)nc2)c1. The number of nitrogens with zero attached hydrogens (tertiary/aromatic N) is 1. The van der Waals surface area contributed by atoms with Gasteiger partial charge in [0.1, 0.15) is 5.82 Å². The van der Waals surface area contributed by atoms with E-state index in [0.717, 1.165) is 18.7 Å². The van der Waals surface area contributed by atoms with Gasteiger partial charge in [-0.25, -0.2) is 9.78 Å². The molecule has 1 aliphatic carbocycles. The summed E-state index contributed by atoms with van der Waals surface area (Å²) in [5.41, 5.74) is 1.05. The third-order valence-electron chi connectivity index (χ3n) is 4.37. The fourth-order valence-corrected chi connectivity index (χ4v) is 3.12. The monoisotopic (exact) mass is 373 g/mol. The summed E-state index contributed by atoms with van der Waals surface area (Å²) in [6.07, 6.45) is 6.30. The van der Waals surface area contributed by atoms with Gasteiger partial charge in [-0.05, 0) is 43.2 Å². The lowest BCUT2D eigenvalue weighted by Gasteiger charge is -2.13. The van der Waals surface area contributed by atoms with E-state index >= 15 is 0 Å². The Balaban J connectivity index is 1.68. The Kier molecular flexibility index (Phi) is 5.73. The lowest BCUT2D eigenvalue weighted by Crippen LogP contribution is -2.16. The number of amides is 1. The smallest absolute Gasteiger partial charge is 0.337 e. The van der Waals surface area contributed by atoms with Crippen molar-refractivity contribution < 1.29 is 14.3 Å². The summed E-state index contributed by atoms with van der Waals surface area (Å²) >= 11 is 6.10. The van der Waals surface area contributed by atoms with Crippen LogP contribution in [-0.4, -0.2) is 30.0 Å². The molecule has 1 fully saturated rings. The van der Waals surface area contributed by atoms with Crippen molar-refractivity contribution >= 4 is 35.0 Å². The second-order valence-electron chi connectivity index (χ2n) is 6.20. The van der Waals surface area contributed by atoms with E-state index in [1.165, 1.54) is 44.3 Å². The first kappa shape index (κ1) is 18.2. The molecule has 0 radical (unpaired) electrons. The summed E-state index contributed by atoms with van der Waals surface area (Å²) in [7, 11) is 1.29. The van der Waals surface area contributed by atoms with Gasteiger partial charge in [-0.1, -0.05) is 24.4 Å². The quantitative estimate of drug-likeness (QED) is 0.770. The van der Waals surface area contributed by atoms with Crippen LogP contribution < -0.4 is 10.6 Å². The number of nitrogens with one attached hydrogen (secondary N) is 2. The number of hydrogen-bond acceptors (Lipinski definition) is 5. The van der Waals surface area contributed by atoms with E-state index in [4.69, 9.17) is 11.6 Å². The molecule has 0 saturated heterocycles. The molecule has 7 heteroatoms. The van der Waals surface area contributed by atoms with Gasteiger partial charge in [0.05, 0.1) is 28.9 Å². The molecule has 2 aromatic rings. The topological polar surface area (TPSA) is 80.3 Å². The Bertz CT molecular complexity index is 802. The molecule has 1 amide bonds. The van der Waals surface area contributed by atoms with Crippen LogP contribution in [0.3, 0.4) is 0 Å². The summed E-state index contributed by atoms with van der Waals surface area (Å²) in [6, 6.07) is 8.51. The molecule has 0 aliphatic heterocycles. The number of benzene rings is 1. The average Bonchev–Trinajstić information content (AvgIpc) is 3.16. The van der Waals surface area contributed by atoms with Crippen LogP contribution in [0, 0.1) is 0 Å². The summed E-state index contributed by atoms with van der Waals surface area (Å²) in [5, 5.41) is 6.41. The highest BCUT2D eigenvalue weighted by Gasteiger charge is 2.16. The molecule has 1 aliphatic rings.